The normalized spacial score (nSPS) is 20.6. The maximum Gasteiger partial charge on any atom is 0.163 e. The van der Waals surface area contributed by atoms with Crippen LogP contribution in [0.25, 0.3) is 5.65 Å². The van der Waals surface area contributed by atoms with Gasteiger partial charge in [-0.1, -0.05) is 0 Å². The first-order valence-electron chi connectivity index (χ1n) is 5.78. The second kappa shape index (κ2) is 4.17. The summed E-state index contributed by atoms with van der Waals surface area (Å²) in [4.78, 5) is 4.10. The number of aryl methyl sites for hydroxylation is 1. The van der Waals surface area contributed by atoms with Crippen LogP contribution >= 0.6 is 0 Å². The molecule has 84 valence electrons. The lowest BCUT2D eigenvalue weighted by atomic mass is 10.0. The molecular weight excluding hydrogens is 202 g/mol. The summed E-state index contributed by atoms with van der Waals surface area (Å²) in [7, 11) is 0. The zero-order valence-corrected chi connectivity index (χ0v) is 9.13. The van der Waals surface area contributed by atoms with Crippen LogP contribution in [0.4, 0.5) is 0 Å². The molecule has 1 aliphatic heterocycles. The van der Waals surface area contributed by atoms with Crippen LogP contribution in [-0.4, -0.2) is 32.7 Å². The highest BCUT2D eigenvalue weighted by Gasteiger charge is 2.15. The summed E-state index contributed by atoms with van der Waals surface area (Å²) in [5.41, 5.74) is 0.884. The van der Waals surface area contributed by atoms with Crippen LogP contribution in [0.1, 0.15) is 18.7 Å². The Balaban J connectivity index is 1.73. The summed E-state index contributed by atoms with van der Waals surface area (Å²) in [5.74, 6) is 1.82. The molecule has 2 aromatic heterocycles. The third-order valence-corrected chi connectivity index (χ3v) is 3.22. The molecule has 1 aliphatic rings. The Labute approximate surface area is 93.9 Å². The fourth-order valence-corrected chi connectivity index (χ4v) is 2.26. The minimum absolute atomic E-state index is 0.795. The molecule has 3 rings (SSSR count). The number of hydrogen-bond donors (Lipinski definition) is 1. The van der Waals surface area contributed by atoms with E-state index in [1.165, 1.54) is 12.8 Å². The third-order valence-electron chi connectivity index (χ3n) is 3.22. The van der Waals surface area contributed by atoms with Gasteiger partial charge in [-0.05, 0) is 31.8 Å². The van der Waals surface area contributed by atoms with E-state index >= 15 is 0 Å². The van der Waals surface area contributed by atoms with Gasteiger partial charge in [0.15, 0.2) is 5.65 Å². The lowest BCUT2D eigenvalue weighted by Crippen LogP contribution is -2.10. The van der Waals surface area contributed by atoms with E-state index in [-0.39, 0.29) is 0 Å². The predicted octanol–water partition coefficient (Wildman–Crippen LogP) is 0.666. The van der Waals surface area contributed by atoms with Gasteiger partial charge in [0.2, 0.25) is 0 Å². The molecule has 2 aromatic rings. The summed E-state index contributed by atoms with van der Waals surface area (Å²) in [6, 6.07) is 1.88. The molecule has 1 N–H and O–H groups in total. The lowest BCUT2D eigenvalue weighted by Gasteiger charge is -2.05. The minimum atomic E-state index is 0.795. The third kappa shape index (κ3) is 1.78. The van der Waals surface area contributed by atoms with Gasteiger partial charge >= 0.3 is 0 Å². The van der Waals surface area contributed by atoms with E-state index in [9.17, 15) is 0 Å². The van der Waals surface area contributed by atoms with Crippen LogP contribution in [0, 0.1) is 5.92 Å². The SMILES string of the molecule is c1cc2nnc(CCC3CCNC3)n2cn1. The fraction of sp³-hybridized carbons (Fsp3) is 0.545. The highest BCUT2D eigenvalue weighted by atomic mass is 15.3. The molecule has 3 heterocycles. The molecule has 0 aromatic carbocycles. The molecule has 0 saturated carbocycles. The smallest absolute Gasteiger partial charge is 0.163 e. The first-order chi connectivity index (χ1) is 7.93. The molecule has 1 saturated heterocycles. The van der Waals surface area contributed by atoms with Crippen LogP contribution in [-0.2, 0) is 6.42 Å². The Kier molecular flexibility index (Phi) is 2.53. The minimum Gasteiger partial charge on any atom is -0.316 e. The second-order valence-electron chi connectivity index (χ2n) is 4.32. The number of aromatic nitrogens is 4. The first kappa shape index (κ1) is 9.72. The average molecular weight is 217 g/mol. The molecule has 0 radical (unpaired) electrons. The van der Waals surface area contributed by atoms with Crippen LogP contribution < -0.4 is 5.32 Å². The Bertz CT molecular complexity index is 472. The van der Waals surface area contributed by atoms with Crippen LogP contribution in [0.15, 0.2) is 18.6 Å². The number of nitrogens with zero attached hydrogens (tertiary/aromatic N) is 4. The Hall–Kier alpha value is -1.49. The van der Waals surface area contributed by atoms with E-state index in [1.807, 2.05) is 10.5 Å². The van der Waals surface area contributed by atoms with Gasteiger partial charge in [-0.25, -0.2) is 4.98 Å². The highest BCUT2D eigenvalue weighted by Crippen LogP contribution is 2.15. The predicted molar refractivity (Wildman–Crippen MR) is 60.1 cm³/mol. The van der Waals surface area contributed by atoms with Gasteiger partial charge in [-0.2, -0.15) is 0 Å². The summed E-state index contributed by atoms with van der Waals surface area (Å²) in [6.45, 7) is 2.31. The van der Waals surface area contributed by atoms with Crippen molar-refractivity contribution in [3.8, 4) is 0 Å². The number of hydrogen-bond acceptors (Lipinski definition) is 4. The van der Waals surface area contributed by atoms with Gasteiger partial charge < -0.3 is 5.32 Å². The summed E-state index contributed by atoms with van der Waals surface area (Å²) in [6.07, 6.45) is 6.99. The van der Waals surface area contributed by atoms with Crippen molar-refractivity contribution in [2.24, 2.45) is 5.92 Å². The zero-order valence-electron chi connectivity index (χ0n) is 9.13. The molecule has 0 bridgehead atoms. The molecule has 16 heavy (non-hydrogen) atoms. The molecule has 5 heteroatoms. The highest BCUT2D eigenvalue weighted by molar-refractivity contribution is 5.35. The van der Waals surface area contributed by atoms with Crippen LogP contribution in [0.2, 0.25) is 0 Å². The monoisotopic (exact) mass is 217 g/mol. The van der Waals surface area contributed by atoms with Crippen molar-refractivity contribution in [2.45, 2.75) is 19.3 Å². The number of rotatable bonds is 3. The van der Waals surface area contributed by atoms with E-state index in [4.69, 9.17) is 0 Å². The van der Waals surface area contributed by atoms with Gasteiger partial charge in [0.1, 0.15) is 12.2 Å². The Morgan fingerprint density at radius 1 is 1.44 bits per heavy atom. The van der Waals surface area contributed by atoms with Crippen molar-refractivity contribution in [2.75, 3.05) is 13.1 Å². The van der Waals surface area contributed by atoms with E-state index in [2.05, 4.69) is 20.5 Å². The van der Waals surface area contributed by atoms with Gasteiger partial charge in [0.25, 0.3) is 0 Å². The molecule has 5 nitrogen and oxygen atoms in total. The largest absolute Gasteiger partial charge is 0.316 e. The second-order valence-corrected chi connectivity index (χ2v) is 4.32. The average Bonchev–Trinajstić information content (AvgIpc) is 2.96. The molecule has 0 amide bonds. The van der Waals surface area contributed by atoms with Gasteiger partial charge in [0, 0.05) is 18.7 Å². The van der Waals surface area contributed by atoms with Crippen LogP contribution in [0.3, 0.4) is 0 Å². The van der Waals surface area contributed by atoms with Crippen molar-refractivity contribution in [3.63, 3.8) is 0 Å². The van der Waals surface area contributed by atoms with Gasteiger partial charge in [-0.15, -0.1) is 10.2 Å². The number of fused-ring (bicyclic) bond motifs is 1. The van der Waals surface area contributed by atoms with E-state index in [0.29, 0.717) is 0 Å². The van der Waals surface area contributed by atoms with Crippen molar-refractivity contribution in [3.05, 3.63) is 24.4 Å². The summed E-state index contributed by atoms with van der Waals surface area (Å²) < 4.78 is 1.97. The Morgan fingerprint density at radius 3 is 3.31 bits per heavy atom. The maximum absolute atomic E-state index is 4.21. The molecular formula is C11H15N5. The van der Waals surface area contributed by atoms with Crippen molar-refractivity contribution >= 4 is 5.65 Å². The van der Waals surface area contributed by atoms with Crippen molar-refractivity contribution < 1.29 is 0 Å². The molecule has 0 spiro atoms. The van der Waals surface area contributed by atoms with Crippen molar-refractivity contribution in [1.29, 1.82) is 0 Å². The first-order valence-corrected chi connectivity index (χ1v) is 5.78. The van der Waals surface area contributed by atoms with Crippen molar-refractivity contribution in [1.82, 2.24) is 24.9 Å². The van der Waals surface area contributed by atoms with E-state index < -0.39 is 0 Å². The Morgan fingerprint density at radius 2 is 2.44 bits per heavy atom. The van der Waals surface area contributed by atoms with Crippen LogP contribution in [0.5, 0.6) is 0 Å². The van der Waals surface area contributed by atoms with Gasteiger partial charge in [0.05, 0.1) is 0 Å². The quantitative estimate of drug-likeness (QED) is 0.821. The fourth-order valence-electron chi connectivity index (χ4n) is 2.26. The van der Waals surface area contributed by atoms with E-state index in [1.54, 1.807) is 12.5 Å². The van der Waals surface area contributed by atoms with Gasteiger partial charge in [-0.3, -0.25) is 4.40 Å². The number of nitrogens with one attached hydrogen (secondary N) is 1. The molecule has 0 aliphatic carbocycles. The molecule has 1 atom stereocenters. The molecule has 1 fully saturated rings. The summed E-state index contributed by atoms with van der Waals surface area (Å²) in [5, 5.41) is 11.7. The summed E-state index contributed by atoms with van der Waals surface area (Å²) >= 11 is 0. The maximum atomic E-state index is 4.21. The molecule has 1 unspecified atom stereocenters. The van der Waals surface area contributed by atoms with E-state index in [0.717, 1.165) is 36.9 Å². The topological polar surface area (TPSA) is 55.1 Å². The standard InChI is InChI=1S/C11H15N5/c1(9-3-5-12-7-9)2-10-14-15-11-4-6-13-8-16(10)11/h4,6,8-9,12H,1-3,5,7H2. The zero-order chi connectivity index (χ0) is 10.8. The lowest BCUT2D eigenvalue weighted by molar-refractivity contribution is 0.523.